The maximum absolute atomic E-state index is 13.9. The number of nitrogens with one attached hydrogen (secondary N) is 1. The van der Waals surface area contributed by atoms with Crippen LogP contribution in [0.1, 0.15) is 17.3 Å². The Morgan fingerprint density at radius 1 is 1.26 bits per heavy atom. The molecule has 0 aliphatic carbocycles. The van der Waals surface area contributed by atoms with Crippen LogP contribution >= 0.6 is 11.6 Å². The summed E-state index contributed by atoms with van der Waals surface area (Å²) in [5.41, 5.74) is -3.66. The van der Waals surface area contributed by atoms with Crippen LogP contribution < -0.4 is 5.01 Å². The molecule has 1 unspecified atom stereocenters. The molecule has 1 saturated heterocycles. The molecule has 6 nitrogen and oxygen atoms in total. The fraction of sp³-hybridized carbons (Fsp3) is 0.500. The molecule has 11 heteroatoms. The van der Waals surface area contributed by atoms with Crippen LogP contribution in [-0.2, 0) is 4.79 Å². The highest BCUT2D eigenvalue weighted by Crippen LogP contribution is 2.31. The first-order chi connectivity index (χ1) is 12.4. The standard InChI is InChI=1S/C16H18ClF4N3O3/c1-15(27,16(19,20)21)14(26)23-5-7-24(8-6-23)22(2)13(25)11-4-3-10(17)9-12(11)18/h3-4,9,27H,5-8H2,1-2H3/p+1. The first-order valence-corrected chi connectivity index (χ1v) is 8.40. The molecular formula is C16H19ClF4N3O3+. The highest BCUT2D eigenvalue weighted by molar-refractivity contribution is 6.30. The molecule has 150 valence electrons. The van der Waals surface area contributed by atoms with Crippen molar-refractivity contribution in [1.82, 2.24) is 9.91 Å². The van der Waals surface area contributed by atoms with Crippen LogP contribution in [0.15, 0.2) is 18.2 Å². The van der Waals surface area contributed by atoms with Gasteiger partial charge in [-0.15, -0.1) is 0 Å². The van der Waals surface area contributed by atoms with Crippen molar-refractivity contribution in [3.8, 4) is 0 Å². The minimum Gasteiger partial charge on any atom is -0.373 e. The lowest BCUT2D eigenvalue weighted by Crippen LogP contribution is -3.20. The van der Waals surface area contributed by atoms with E-state index in [9.17, 15) is 32.3 Å². The summed E-state index contributed by atoms with van der Waals surface area (Å²) < 4.78 is 52.3. The molecule has 1 atom stereocenters. The Balaban J connectivity index is 2.02. The molecule has 0 aromatic heterocycles. The quantitative estimate of drug-likeness (QED) is 0.711. The van der Waals surface area contributed by atoms with Gasteiger partial charge in [-0.1, -0.05) is 11.6 Å². The summed E-state index contributed by atoms with van der Waals surface area (Å²) in [6, 6.07) is 3.63. The second-order valence-electron chi connectivity index (χ2n) is 6.42. The van der Waals surface area contributed by atoms with Gasteiger partial charge in [-0.25, -0.2) is 9.40 Å². The van der Waals surface area contributed by atoms with Gasteiger partial charge < -0.3 is 10.0 Å². The molecule has 2 amide bonds. The maximum Gasteiger partial charge on any atom is 0.426 e. The third kappa shape index (κ3) is 4.33. The Morgan fingerprint density at radius 3 is 2.30 bits per heavy atom. The van der Waals surface area contributed by atoms with Crippen LogP contribution in [0.4, 0.5) is 17.6 Å². The van der Waals surface area contributed by atoms with Crippen molar-refractivity contribution in [3.63, 3.8) is 0 Å². The van der Waals surface area contributed by atoms with E-state index in [1.165, 1.54) is 24.2 Å². The molecule has 0 saturated carbocycles. The minimum absolute atomic E-state index is 0.0961. The lowest BCUT2D eigenvalue weighted by molar-refractivity contribution is -1.00. The van der Waals surface area contributed by atoms with Crippen molar-refractivity contribution >= 4 is 23.4 Å². The van der Waals surface area contributed by atoms with Gasteiger partial charge in [0.05, 0.1) is 25.7 Å². The zero-order valence-electron chi connectivity index (χ0n) is 14.6. The van der Waals surface area contributed by atoms with Crippen LogP contribution in [0.3, 0.4) is 0 Å². The summed E-state index contributed by atoms with van der Waals surface area (Å²) in [5, 5.41) is 11.4. The number of carbonyl (C=O) groups excluding carboxylic acids is 2. The van der Waals surface area contributed by atoms with Gasteiger partial charge >= 0.3 is 12.1 Å². The largest absolute Gasteiger partial charge is 0.426 e. The number of nitrogens with zero attached hydrogens (tertiary/aromatic N) is 2. The molecule has 1 aromatic rings. The van der Waals surface area contributed by atoms with Gasteiger partial charge in [0.25, 0.3) is 5.91 Å². The summed E-state index contributed by atoms with van der Waals surface area (Å²) >= 11 is 5.66. The third-order valence-electron chi connectivity index (χ3n) is 4.54. The van der Waals surface area contributed by atoms with Gasteiger partial charge in [0.15, 0.2) is 0 Å². The summed E-state index contributed by atoms with van der Waals surface area (Å²) in [7, 11) is 1.43. The number of aliphatic hydroxyl groups is 1. The van der Waals surface area contributed by atoms with E-state index in [-0.39, 0.29) is 36.8 Å². The average molecular weight is 413 g/mol. The molecule has 2 N–H and O–H groups in total. The second-order valence-corrected chi connectivity index (χ2v) is 6.85. The number of amides is 2. The summed E-state index contributed by atoms with van der Waals surface area (Å²) in [6.45, 7) is 0.462. The first kappa shape index (κ1) is 21.4. The fourth-order valence-corrected chi connectivity index (χ4v) is 2.88. The zero-order chi connectivity index (χ0) is 20.6. The average Bonchev–Trinajstić information content (AvgIpc) is 2.59. The summed E-state index contributed by atoms with van der Waals surface area (Å²) in [6.07, 6.45) is -5.09. The highest BCUT2D eigenvalue weighted by atomic mass is 35.5. The number of benzene rings is 1. The Hall–Kier alpha value is -1.91. The zero-order valence-corrected chi connectivity index (χ0v) is 15.4. The SMILES string of the molecule is CN(C(=O)c1ccc(Cl)cc1F)[NH+]1CCN(C(=O)C(C)(O)C(F)(F)F)CC1. The van der Waals surface area contributed by atoms with Gasteiger partial charge in [-0.05, 0) is 25.1 Å². The van der Waals surface area contributed by atoms with Gasteiger partial charge in [0, 0.05) is 5.02 Å². The van der Waals surface area contributed by atoms with Crippen LogP contribution in [-0.4, -0.2) is 71.8 Å². The Kier molecular flexibility index (Phi) is 6.03. The van der Waals surface area contributed by atoms with E-state index in [1.54, 1.807) is 0 Å². The number of halogens is 5. The maximum atomic E-state index is 13.9. The third-order valence-corrected chi connectivity index (χ3v) is 4.77. The Bertz CT molecular complexity index is 734. The number of alkyl halides is 3. The van der Waals surface area contributed by atoms with Gasteiger partial charge in [-0.3, -0.25) is 9.59 Å². The Labute approximate surface area is 157 Å². The molecule has 27 heavy (non-hydrogen) atoms. The van der Waals surface area contributed by atoms with E-state index >= 15 is 0 Å². The van der Waals surface area contributed by atoms with Gasteiger partial charge in [0.1, 0.15) is 18.9 Å². The number of rotatable bonds is 3. The smallest absolute Gasteiger partial charge is 0.373 e. The lowest BCUT2D eigenvalue weighted by Gasteiger charge is -2.38. The molecule has 1 fully saturated rings. The normalized spacial score (nSPS) is 18.1. The van der Waals surface area contributed by atoms with Crippen LogP contribution in [0.5, 0.6) is 0 Å². The van der Waals surface area contributed by atoms with Crippen LogP contribution in [0, 0.1) is 5.82 Å². The number of hydrogen-bond donors (Lipinski definition) is 2. The van der Waals surface area contributed by atoms with E-state index in [2.05, 4.69) is 0 Å². The Morgan fingerprint density at radius 2 is 1.81 bits per heavy atom. The van der Waals surface area contributed by atoms with E-state index < -0.39 is 29.4 Å². The number of quaternary nitrogens is 1. The summed E-state index contributed by atoms with van der Waals surface area (Å²) in [4.78, 5) is 25.3. The van der Waals surface area contributed by atoms with Crippen LogP contribution in [0.25, 0.3) is 0 Å². The second kappa shape index (κ2) is 7.61. The molecule has 0 spiro atoms. The molecular weight excluding hydrogens is 394 g/mol. The van der Waals surface area contributed by atoms with Crippen molar-refractivity contribution < 1.29 is 37.3 Å². The molecule has 1 heterocycles. The molecule has 1 aliphatic heterocycles. The molecule has 2 rings (SSSR count). The fourth-order valence-electron chi connectivity index (χ4n) is 2.72. The van der Waals surface area contributed by atoms with E-state index in [0.717, 1.165) is 11.0 Å². The van der Waals surface area contributed by atoms with Gasteiger partial charge in [-0.2, -0.15) is 18.2 Å². The van der Waals surface area contributed by atoms with Crippen molar-refractivity contribution in [3.05, 3.63) is 34.6 Å². The molecule has 0 bridgehead atoms. The van der Waals surface area contributed by atoms with Crippen molar-refractivity contribution in [2.45, 2.75) is 18.7 Å². The van der Waals surface area contributed by atoms with Gasteiger partial charge in [0.2, 0.25) is 5.60 Å². The topological polar surface area (TPSA) is 65.3 Å². The number of carbonyl (C=O) groups is 2. The van der Waals surface area contributed by atoms with Crippen molar-refractivity contribution in [2.24, 2.45) is 0 Å². The molecule has 1 aliphatic rings. The minimum atomic E-state index is -5.09. The monoisotopic (exact) mass is 412 g/mol. The lowest BCUT2D eigenvalue weighted by atomic mass is 10.0. The number of piperazine rings is 1. The summed E-state index contributed by atoms with van der Waals surface area (Å²) in [5.74, 6) is -2.85. The van der Waals surface area contributed by atoms with Crippen molar-refractivity contribution in [2.75, 3.05) is 33.2 Å². The van der Waals surface area contributed by atoms with Crippen LogP contribution in [0.2, 0.25) is 5.02 Å². The van der Waals surface area contributed by atoms with E-state index in [0.29, 0.717) is 11.9 Å². The van der Waals surface area contributed by atoms with E-state index in [1.807, 2.05) is 0 Å². The van der Waals surface area contributed by atoms with Crippen molar-refractivity contribution in [1.29, 1.82) is 0 Å². The predicted octanol–water partition coefficient (Wildman–Crippen LogP) is 0.506. The predicted molar refractivity (Wildman–Crippen MR) is 87.5 cm³/mol. The highest BCUT2D eigenvalue weighted by Gasteiger charge is 2.57. The molecule has 1 aromatic carbocycles. The number of hydrogen-bond acceptors (Lipinski definition) is 3. The van der Waals surface area contributed by atoms with E-state index in [4.69, 9.17) is 11.6 Å². The molecule has 0 radical (unpaired) electrons. The first-order valence-electron chi connectivity index (χ1n) is 8.02.